The molecule has 1 aromatic rings. The minimum absolute atomic E-state index is 0.0494. The molecular formula is C28H32O8. The number of allylic oxidation sites excluding steroid dienone is 2. The number of ether oxygens (including phenoxy) is 5. The van der Waals surface area contributed by atoms with E-state index in [9.17, 15) is 14.4 Å². The number of rotatable bonds is 13. The van der Waals surface area contributed by atoms with Gasteiger partial charge in [0.15, 0.2) is 0 Å². The summed E-state index contributed by atoms with van der Waals surface area (Å²) in [5.74, 6) is -0.502. The lowest BCUT2D eigenvalue weighted by atomic mass is 9.97. The van der Waals surface area contributed by atoms with E-state index < -0.39 is 24.0 Å². The summed E-state index contributed by atoms with van der Waals surface area (Å²) in [6.07, 6.45) is 3.93. The summed E-state index contributed by atoms with van der Waals surface area (Å²) in [7, 11) is 0. The van der Waals surface area contributed by atoms with Gasteiger partial charge in [0.1, 0.15) is 37.4 Å². The van der Waals surface area contributed by atoms with Gasteiger partial charge in [0.05, 0.1) is 6.61 Å². The minimum atomic E-state index is -0.489. The topological polar surface area (TPSA) is 97.4 Å². The van der Waals surface area contributed by atoms with Crippen molar-refractivity contribution in [3.8, 4) is 5.75 Å². The van der Waals surface area contributed by atoms with Crippen LogP contribution in [0.2, 0.25) is 0 Å². The highest BCUT2D eigenvalue weighted by Crippen LogP contribution is 2.29. The molecule has 0 spiro atoms. The first-order valence-corrected chi connectivity index (χ1v) is 11.4. The maximum atomic E-state index is 11.7. The summed E-state index contributed by atoms with van der Waals surface area (Å²) >= 11 is 0. The van der Waals surface area contributed by atoms with Crippen LogP contribution >= 0.6 is 0 Å². The quantitative estimate of drug-likeness (QED) is 0.171. The van der Waals surface area contributed by atoms with Crippen molar-refractivity contribution in [2.75, 3.05) is 26.4 Å². The first kappa shape index (κ1) is 28.3. The summed E-state index contributed by atoms with van der Waals surface area (Å²) in [5.41, 5.74) is 2.70. The lowest BCUT2D eigenvalue weighted by molar-refractivity contribution is -0.142. The van der Waals surface area contributed by atoms with Crippen molar-refractivity contribution in [2.45, 2.75) is 33.3 Å². The van der Waals surface area contributed by atoms with Gasteiger partial charge in [-0.1, -0.05) is 37.9 Å². The van der Waals surface area contributed by atoms with Gasteiger partial charge in [-0.2, -0.15) is 0 Å². The number of carbonyl (C=O) groups is 3. The summed E-state index contributed by atoms with van der Waals surface area (Å²) in [6, 6.07) is 7.05. The fourth-order valence-corrected chi connectivity index (χ4v) is 2.92. The van der Waals surface area contributed by atoms with Crippen molar-refractivity contribution in [1.82, 2.24) is 0 Å². The number of hydrogen-bond donors (Lipinski definition) is 0. The Morgan fingerprint density at radius 2 is 1.36 bits per heavy atom. The molecule has 1 aromatic carbocycles. The molecule has 1 atom stereocenters. The maximum absolute atomic E-state index is 11.7. The van der Waals surface area contributed by atoms with Crippen LogP contribution in [0.5, 0.6) is 5.75 Å². The first-order valence-electron chi connectivity index (χ1n) is 11.4. The van der Waals surface area contributed by atoms with E-state index in [1.54, 1.807) is 32.9 Å². The number of benzene rings is 1. The van der Waals surface area contributed by atoms with E-state index in [2.05, 4.69) is 19.7 Å². The standard InChI is InChI=1S/C28H32O8/c1-18(2)26(29)34-15-13-32-24-12-9-22(17-25(24)33-14-16-35-27(30)19(3)4)21-7-10-23(11-8-21)36-28(31)20(5)6/h7-11,17,24H,1,3,5,12-16H2,2,4,6H3. The van der Waals surface area contributed by atoms with E-state index in [1.165, 1.54) is 0 Å². The van der Waals surface area contributed by atoms with Gasteiger partial charge in [-0.05, 0) is 56.5 Å². The zero-order valence-electron chi connectivity index (χ0n) is 21.0. The second-order valence-electron chi connectivity index (χ2n) is 8.18. The normalized spacial score (nSPS) is 14.6. The van der Waals surface area contributed by atoms with E-state index >= 15 is 0 Å². The summed E-state index contributed by atoms with van der Waals surface area (Å²) in [5, 5.41) is 0. The molecule has 8 nitrogen and oxygen atoms in total. The molecule has 1 aliphatic carbocycles. The van der Waals surface area contributed by atoms with Gasteiger partial charge in [-0.15, -0.1) is 0 Å². The SMILES string of the molecule is C=C(C)C(=O)OCCOC1=CC(c2ccc(OC(=O)C(=C)C)cc2)=CCC1OCCOC(=O)C(=C)C. The molecule has 0 amide bonds. The Morgan fingerprint density at radius 1 is 0.806 bits per heavy atom. The molecule has 1 unspecified atom stereocenters. The Bertz CT molecular complexity index is 1080. The first-order chi connectivity index (χ1) is 17.1. The number of hydrogen-bond acceptors (Lipinski definition) is 8. The Morgan fingerprint density at radius 3 is 1.92 bits per heavy atom. The van der Waals surface area contributed by atoms with Crippen LogP contribution < -0.4 is 4.74 Å². The van der Waals surface area contributed by atoms with Crippen LogP contribution in [-0.4, -0.2) is 50.4 Å². The van der Waals surface area contributed by atoms with Crippen molar-refractivity contribution in [1.29, 1.82) is 0 Å². The second kappa shape index (κ2) is 13.8. The molecule has 0 saturated heterocycles. The monoisotopic (exact) mass is 496 g/mol. The zero-order valence-corrected chi connectivity index (χ0v) is 21.0. The van der Waals surface area contributed by atoms with Crippen molar-refractivity contribution >= 4 is 23.5 Å². The number of carbonyl (C=O) groups excluding carboxylic acids is 3. The molecule has 0 bridgehead atoms. The highest BCUT2D eigenvalue weighted by Gasteiger charge is 2.22. The van der Waals surface area contributed by atoms with Crippen LogP contribution in [0.25, 0.3) is 5.57 Å². The summed E-state index contributed by atoms with van der Waals surface area (Å²) in [6.45, 7) is 15.8. The zero-order chi connectivity index (χ0) is 26.7. The molecule has 2 rings (SSSR count). The van der Waals surface area contributed by atoms with Gasteiger partial charge in [-0.25, -0.2) is 14.4 Å². The third-order valence-corrected chi connectivity index (χ3v) is 4.83. The lowest BCUT2D eigenvalue weighted by Gasteiger charge is -2.24. The molecule has 1 aliphatic rings. The smallest absolute Gasteiger partial charge is 0.338 e. The van der Waals surface area contributed by atoms with Gasteiger partial charge >= 0.3 is 17.9 Å². The Balaban J connectivity index is 2.06. The van der Waals surface area contributed by atoms with E-state index in [1.807, 2.05) is 24.3 Å². The van der Waals surface area contributed by atoms with Gasteiger partial charge in [0.25, 0.3) is 0 Å². The second-order valence-corrected chi connectivity index (χ2v) is 8.18. The molecule has 0 fully saturated rings. The molecule has 192 valence electrons. The van der Waals surface area contributed by atoms with Gasteiger partial charge < -0.3 is 23.7 Å². The predicted molar refractivity (Wildman–Crippen MR) is 135 cm³/mol. The molecule has 0 N–H and O–H groups in total. The highest BCUT2D eigenvalue weighted by molar-refractivity contribution is 5.89. The van der Waals surface area contributed by atoms with Crippen molar-refractivity contribution in [2.24, 2.45) is 0 Å². The van der Waals surface area contributed by atoms with Crippen molar-refractivity contribution < 1.29 is 38.1 Å². The molecule has 0 radical (unpaired) electrons. The third-order valence-electron chi connectivity index (χ3n) is 4.83. The molecule has 36 heavy (non-hydrogen) atoms. The van der Waals surface area contributed by atoms with Gasteiger partial charge in [-0.3, -0.25) is 0 Å². The van der Waals surface area contributed by atoms with Crippen LogP contribution in [0, 0.1) is 0 Å². The van der Waals surface area contributed by atoms with E-state index in [0.717, 1.165) is 11.1 Å². The molecular weight excluding hydrogens is 464 g/mol. The average molecular weight is 497 g/mol. The molecule has 0 heterocycles. The van der Waals surface area contributed by atoms with Crippen LogP contribution in [0.15, 0.2) is 78.6 Å². The van der Waals surface area contributed by atoms with Crippen LogP contribution in [0.4, 0.5) is 0 Å². The molecule has 8 heteroatoms. The van der Waals surface area contributed by atoms with Crippen LogP contribution in [-0.2, 0) is 33.3 Å². The number of esters is 3. The average Bonchev–Trinajstić information content (AvgIpc) is 2.84. The van der Waals surface area contributed by atoms with Crippen molar-refractivity contribution in [3.63, 3.8) is 0 Å². The Labute approximate surface area is 211 Å². The van der Waals surface area contributed by atoms with Gasteiger partial charge in [0, 0.05) is 16.7 Å². The Kier molecular flexibility index (Phi) is 10.9. The van der Waals surface area contributed by atoms with Crippen molar-refractivity contribution in [3.05, 3.63) is 84.2 Å². The fraction of sp³-hybridized carbons (Fsp3) is 0.321. The summed E-state index contributed by atoms with van der Waals surface area (Å²) in [4.78, 5) is 34.9. The summed E-state index contributed by atoms with van der Waals surface area (Å²) < 4.78 is 27.2. The van der Waals surface area contributed by atoms with Gasteiger partial charge in [0.2, 0.25) is 0 Å². The maximum Gasteiger partial charge on any atom is 0.338 e. The predicted octanol–water partition coefficient (Wildman–Crippen LogP) is 4.48. The third kappa shape index (κ3) is 9.03. The van der Waals surface area contributed by atoms with Crippen LogP contribution in [0.1, 0.15) is 32.8 Å². The Hall–Kier alpha value is -3.91. The van der Waals surface area contributed by atoms with E-state index in [-0.39, 0.29) is 26.4 Å². The molecule has 0 aromatic heterocycles. The molecule has 0 saturated carbocycles. The largest absolute Gasteiger partial charge is 0.492 e. The van der Waals surface area contributed by atoms with Crippen LogP contribution in [0.3, 0.4) is 0 Å². The van der Waals surface area contributed by atoms with E-state index in [0.29, 0.717) is 34.6 Å². The van der Waals surface area contributed by atoms with E-state index in [4.69, 9.17) is 23.7 Å². The highest BCUT2D eigenvalue weighted by atomic mass is 16.6. The fourth-order valence-electron chi connectivity index (χ4n) is 2.92. The molecule has 0 aliphatic heterocycles. The minimum Gasteiger partial charge on any atom is -0.492 e. The lowest BCUT2D eigenvalue weighted by Crippen LogP contribution is -2.24.